The van der Waals surface area contributed by atoms with Crippen LogP contribution in [0.4, 0.5) is 5.69 Å². The number of benzene rings is 1. The van der Waals surface area contributed by atoms with Crippen LogP contribution in [-0.2, 0) is 4.74 Å². The third-order valence-corrected chi connectivity index (χ3v) is 3.84. The van der Waals surface area contributed by atoms with Crippen LogP contribution in [0.1, 0.15) is 19.4 Å². The first-order valence-corrected chi connectivity index (χ1v) is 7.22. The summed E-state index contributed by atoms with van der Waals surface area (Å²) in [6.45, 7) is 7.75. The molecule has 1 N–H and O–H groups in total. The summed E-state index contributed by atoms with van der Waals surface area (Å²) in [5.74, 6) is 0. The lowest BCUT2D eigenvalue weighted by atomic mass is 10.2. The van der Waals surface area contributed by atoms with Gasteiger partial charge >= 0.3 is 0 Å². The molecule has 1 aliphatic rings. The second-order valence-electron chi connectivity index (χ2n) is 5.02. The Bertz CT molecular complexity index is 450. The van der Waals surface area contributed by atoms with Crippen LogP contribution in [0.3, 0.4) is 0 Å². The number of thiocarbonyl (C=S) groups is 1. The normalized spacial score (nSPS) is 23.3. The highest BCUT2D eigenvalue weighted by Crippen LogP contribution is 2.26. The zero-order valence-corrected chi connectivity index (χ0v) is 13.0. The standard InChI is InChI=1S/C14H19ClN2OS/c1-9-5-4-6-12(15)13(9)16-14(19)17-7-10(2)18-11(3)8-17/h4-6,10-11H,7-8H2,1-3H3,(H,16,19)/t10-,11-/m0/s1. The minimum Gasteiger partial charge on any atom is -0.372 e. The molecule has 0 aromatic heterocycles. The highest BCUT2D eigenvalue weighted by Gasteiger charge is 2.24. The number of nitrogens with one attached hydrogen (secondary N) is 1. The number of hydrogen-bond acceptors (Lipinski definition) is 2. The van der Waals surface area contributed by atoms with Crippen LogP contribution in [-0.4, -0.2) is 35.3 Å². The molecule has 0 saturated carbocycles. The summed E-state index contributed by atoms with van der Waals surface area (Å²) < 4.78 is 5.71. The van der Waals surface area contributed by atoms with Crippen LogP contribution in [0, 0.1) is 6.92 Å². The number of nitrogens with zero attached hydrogens (tertiary/aromatic N) is 1. The predicted molar refractivity (Wildman–Crippen MR) is 84.0 cm³/mol. The number of anilines is 1. The van der Waals surface area contributed by atoms with Gasteiger partial charge in [0, 0.05) is 13.1 Å². The number of aryl methyl sites for hydroxylation is 1. The van der Waals surface area contributed by atoms with Gasteiger partial charge in [-0.05, 0) is 44.6 Å². The number of para-hydroxylation sites is 1. The van der Waals surface area contributed by atoms with E-state index >= 15 is 0 Å². The Hall–Kier alpha value is -0.840. The fraction of sp³-hybridized carbons (Fsp3) is 0.500. The predicted octanol–water partition coefficient (Wildman–Crippen LogP) is 3.45. The van der Waals surface area contributed by atoms with E-state index in [1.807, 2.05) is 25.1 Å². The van der Waals surface area contributed by atoms with E-state index in [1.54, 1.807) is 0 Å². The van der Waals surface area contributed by atoms with Gasteiger partial charge < -0.3 is 15.0 Å². The smallest absolute Gasteiger partial charge is 0.173 e. The van der Waals surface area contributed by atoms with Gasteiger partial charge in [0.05, 0.1) is 22.9 Å². The Labute approximate surface area is 124 Å². The van der Waals surface area contributed by atoms with E-state index in [0.717, 1.165) is 24.3 Å². The molecule has 0 radical (unpaired) electrons. The third-order valence-electron chi connectivity index (χ3n) is 3.16. The molecule has 2 atom stereocenters. The topological polar surface area (TPSA) is 24.5 Å². The molecule has 1 fully saturated rings. The Balaban J connectivity index is 2.08. The van der Waals surface area contributed by atoms with Crippen LogP contribution >= 0.6 is 23.8 Å². The van der Waals surface area contributed by atoms with Crippen molar-refractivity contribution in [1.29, 1.82) is 0 Å². The van der Waals surface area contributed by atoms with Gasteiger partial charge in [0.25, 0.3) is 0 Å². The second kappa shape index (κ2) is 6.07. The number of ether oxygens (including phenoxy) is 1. The average molecular weight is 299 g/mol. The van der Waals surface area contributed by atoms with E-state index in [9.17, 15) is 0 Å². The minimum absolute atomic E-state index is 0.191. The number of halogens is 1. The van der Waals surface area contributed by atoms with Crippen molar-refractivity contribution < 1.29 is 4.74 Å². The van der Waals surface area contributed by atoms with Crippen molar-refractivity contribution in [1.82, 2.24) is 4.90 Å². The largest absolute Gasteiger partial charge is 0.372 e. The summed E-state index contributed by atoms with van der Waals surface area (Å²) in [4.78, 5) is 2.14. The Morgan fingerprint density at radius 2 is 2.00 bits per heavy atom. The van der Waals surface area contributed by atoms with Crippen LogP contribution in [0.15, 0.2) is 18.2 Å². The van der Waals surface area contributed by atoms with Crippen molar-refractivity contribution in [2.75, 3.05) is 18.4 Å². The van der Waals surface area contributed by atoms with E-state index in [1.165, 1.54) is 0 Å². The van der Waals surface area contributed by atoms with Crippen LogP contribution in [0.25, 0.3) is 0 Å². The summed E-state index contributed by atoms with van der Waals surface area (Å²) in [6.07, 6.45) is 0.381. The highest BCUT2D eigenvalue weighted by atomic mass is 35.5. The molecule has 1 aromatic rings. The summed E-state index contributed by atoms with van der Waals surface area (Å²) in [7, 11) is 0. The summed E-state index contributed by atoms with van der Waals surface area (Å²) in [6, 6.07) is 5.82. The molecular formula is C14H19ClN2OS. The molecule has 0 amide bonds. The van der Waals surface area contributed by atoms with Crippen molar-refractivity contribution in [2.24, 2.45) is 0 Å². The van der Waals surface area contributed by atoms with Gasteiger partial charge in [-0.15, -0.1) is 0 Å². The quantitative estimate of drug-likeness (QED) is 0.803. The van der Waals surface area contributed by atoms with E-state index < -0.39 is 0 Å². The van der Waals surface area contributed by atoms with Crippen LogP contribution < -0.4 is 5.32 Å². The summed E-state index contributed by atoms with van der Waals surface area (Å²) in [5, 5.41) is 4.66. The van der Waals surface area contributed by atoms with Crippen molar-refractivity contribution in [2.45, 2.75) is 33.0 Å². The van der Waals surface area contributed by atoms with Gasteiger partial charge in [0.15, 0.2) is 5.11 Å². The van der Waals surface area contributed by atoms with E-state index in [4.69, 9.17) is 28.6 Å². The molecule has 104 valence electrons. The first kappa shape index (κ1) is 14.6. The zero-order valence-electron chi connectivity index (χ0n) is 11.4. The van der Waals surface area contributed by atoms with Gasteiger partial charge in [-0.1, -0.05) is 23.7 Å². The van der Waals surface area contributed by atoms with E-state index in [0.29, 0.717) is 10.1 Å². The first-order chi connectivity index (χ1) is 8.97. The van der Waals surface area contributed by atoms with Crippen LogP contribution in [0.5, 0.6) is 0 Å². The Kier molecular flexibility index (Phi) is 4.66. The number of rotatable bonds is 1. The molecule has 3 nitrogen and oxygen atoms in total. The maximum Gasteiger partial charge on any atom is 0.173 e. The fourth-order valence-electron chi connectivity index (χ4n) is 2.32. The molecule has 1 saturated heterocycles. The molecule has 1 aromatic carbocycles. The third kappa shape index (κ3) is 3.59. The maximum absolute atomic E-state index is 6.20. The Morgan fingerprint density at radius 3 is 2.58 bits per heavy atom. The maximum atomic E-state index is 6.20. The van der Waals surface area contributed by atoms with Crippen molar-refractivity contribution in [3.05, 3.63) is 28.8 Å². The molecule has 0 unspecified atom stereocenters. The fourth-order valence-corrected chi connectivity index (χ4v) is 2.84. The summed E-state index contributed by atoms with van der Waals surface area (Å²) >= 11 is 11.7. The molecular weight excluding hydrogens is 280 g/mol. The van der Waals surface area contributed by atoms with Gasteiger partial charge in [-0.3, -0.25) is 0 Å². The Morgan fingerprint density at radius 1 is 1.37 bits per heavy atom. The molecule has 19 heavy (non-hydrogen) atoms. The monoisotopic (exact) mass is 298 g/mol. The van der Waals surface area contributed by atoms with Gasteiger partial charge in [0.2, 0.25) is 0 Å². The summed E-state index contributed by atoms with van der Waals surface area (Å²) in [5.41, 5.74) is 1.98. The lowest BCUT2D eigenvalue weighted by Gasteiger charge is -2.37. The highest BCUT2D eigenvalue weighted by molar-refractivity contribution is 7.80. The molecule has 5 heteroatoms. The van der Waals surface area contributed by atoms with Gasteiger partial charge in [-0.25, -0.2) is 0 Å². The van der Waals surface area contributed by atoms with E-state index in [2.05, 4.69) is 24.1 Å². The van der Waals surface area contributed by atoms with Gasteiger partial charge in [-0.2, -0.15) is 0 Å². The lowest BCUT2D eigenvalue weighted by molar-refractivity contribution is -0.0473. The van der Waals surface area contributed by atoms with Crippen molar-refractivity contribution >= 4 is 34.6 Å². The first-order valence-electron chi connectivity index (χ1n) is 6.44. The average Bonchev–Trinajstić information content (AvgIpc) is 2.32. The number of hydrogen-bond donors (Lipinski definition) is 1. The van der Waals surface area contributed by atoms with Crippen LogP contribution in [0.2, 0.25) is 5.02 Å². The molecule has 0 bridgehead atoms. The molecule has 1 aliphatic heterocycles. The van der Waals surface area contributed by atoms with E-state index in [-0.39, 0.29) is 12.2 Å². The molecule has 0 aliphatic carbocycles. The molecule has 1 heterocycles. The second-order valence-corrected chi connectivity index (χ2v) is 5.82. The zero-order chi connectivity index (χ0) is 14.0. The SMILES string of the molecule is Cc1cccc(Cl)c1NC(=S)N1C[C@H](C)O[C@@H](C)C1. The lowest BCUT2D eigenvalue weighted by Crippen LogP contribution is -2.49. The van der Waals surface area contributed by atoms with Crippen molar-refractivity contribution in [3.8, 4) is 0 Å². The molecule has 0 spiro atoms. The van der Waals surface area contributed by atoms with Crippen molar-refractivity contribution in [3.63, 3.8) is 0 Å². The molecule has 2 rings (SSSR count). The minimum atomic E-state index is 0.191. The van der Waals surface area contributed by atoms with Gasteiger partial charge in [0.1, 0.15) is 0 Å². The number of morpholine rings is 1.